The van der Waals surface area contributed by atoms with Crippen LogP contribution >= 0.6 is 23.2 Å². The van der Waals surface area contributed by atoms with E-state index in [1.165, 1.54) is 50.9 Å². The monoisotopic (exact) mass is 1420 g/mol. The van der Waals surface area contributed by atoms with Crippen LogP contribution in [-0.4, -0.2) is 196 Å². The molecule has 0 fully saturated rings. The summed E-state index contributed by atoms with van der Waals surface area (Å²) in [6, 6.07) is 30.7. The van der Waals surface area contributed by atoms with Crippen molar-refractivity contribution in [2.75, 3.05) is 43.9 Å². The molecular formula is C63H79B7Cl2F9N10O8. The number of aromatic nitrogens is 6. The van der Waals surface area contributed by atoms with E-state index in [4.69, 9.17) is 58.0 Å². The molecule has 0 bridgehead atoms. The molecule has 527 valence electrons. The number of anilines is 2. The summed E-state index contributed by atoms with van der Waals surface area (Å²) >= 11 is 12.5. The van der Waals surface area contributed by atoms with Gasteiger partial charge in [0.2, 0.25) is 0 Å². The van der Waals surface area contributed by atoms with Gasteiger partial charge in [0, 0.05) is 144 Å². The molecule has 18 nitrogen and oxygen atoms in total. The molecule has 6 heterocycles. The Morgan fingerprint density at radius 3 is 1.25 bits per heavy atom. The average Bonchev–Trinajstić information content (AvgIpc) is 1.68. The van der Waals surface area contributed by atoms with E-state index in [1.807, 2.05) is 61.9 Å². The van der Waals surface area contributed by atoms with Gasteiger partial charge in [-0.15, -0.1) is 10.2 Å². The van der Waals surface area contributed by atoms with Crippen LogP contribution in [0.1, 0.15) is 127 Å². The standard InChI is InChI=1S/C27H32ClN5.C23H24ClN5.C4H8O.3C2HF3O2.CH4O.2CH4.7B/c1-4-18(2)32-13-10-20(11-14-32)21-8-9-24-25(16-21)26(29-23-7-5-6-22(28)17-23)12-15-33-27(24)19(3)30-31-33;1-15-23-20-6-5-17(16-7-10-25-11-8-16)13-21(20)22(9-12-29(23)28-27-15)26-19-4-2-3-18(24)14-19;1-3-4(2)5;3*3-2(4,5)1(6)7;1-2;;;;;;;;;/h5-10,16-18,26,29H,4,11-15H2,1-3H3;2-7,13-14,22,25-26H,8-12H2,1H3;3H2,1-2H3;3*(H,6,7);2H,1H3;2*1H4;;;;;;;. The number of halogens is 11. The van der Waals surface area contributed by atoms with E-state index in [2.05, 4.69) is 121 Å². The van der Waals surface area contributed by atoms with Crippen molar-refractivity contribution in [1.29, 1.82) is 0 Å². The van der Waals surface area contributed by atoms with Crippen molar-refractivity contribution >= 4 is 128 Å². The summed E-state index contributed by atoms with van der Waals surface area (Å²) in [4.78, 5) is 39.1. The molecule has 4 aliphatic heterocycles. The smallest absolute Gasteiger partial charge is 0.475 e. The van der Waals surface area contributed by atoms with Gasteiger partial charge < -0.3 is 41.2 Å². The number of carbonyl (C=O) groups excluding carboxylic acids is 1. The second-order valence-corrected chi connectivity index (χ2v) is 21.3. The van der Waals surface area contributed by atoms with Gasteiger partial charge in [-0.05, 0) is 148 Å². The van der Waals surface area contributed by atoms with Crippen LogP contribution in [-0.2, 0) is 32.3 Å². The summed E-state index contributed by atoms with van der Waals surface area (Å²) in [7, 11) is 1.00. The molecule has 3 atom stereocenters. The summed E-state index contributed by atoms with van der Waals surface area (Å²) in [5.74, 6) is -8.02. The van der Waals surface area contributed by atoms with Gasteiger partial charge in [-0.25, -0.2) is 23.7 Å². The maximum Gasteiger partial charge on any atom is 0.490 e. The number of ketones is 1. The predicted molar refractivity (Wildman–Crippen MR) is 379 cm³/mol. The molecule has 3 unspecified atom stereocenters. The molecular weight excluding hydrogens is 1340 g/mol. The van der Waals surface area contributed by atoms with Crippen molar-refractivity contribution in [2.45, 2.75) is 145 Å². The van der Waals surface area contributed by atoms with Crippen LogP contribution in [0.4, 0.5) is 50.9 Å². The number of hydrogen-bond donors (Lipinski definition) is 7. The Kier molecular flexibility index (Phi) is 49.4. The summed E-state index contributed by atoms with van der Waals surface area (Å²) in [6.07, 6.45) is -4.65. The van der Waals surface area contributed by atoms with Gasteiger partial charge >= 0.3 is 36.4 Å². The highest BCUT2D eigenvalue weighted by atomic mass is 35.5. The van der Waals surface area contributed by atoms with Crippen LogP contribution in [0, 0.1) is 13.8 Å². The Bertz CT molecular complexity index is 3420. The first-order chi connectivity index (χ1) is 42.3. The summed E-state index contributed by atoms with van der Waals surface area (Å²) in [6.45, 7) is 17.9. The van der Waals surface area contributed by atoms with Crippen LogP contribution in [0.5, 0.6) is 0 Å². The highest BCUT2D eigenvalue weighted by Crippen LogP contribution is 2.41. The molecule has 0 aliphatic carbocycles. The molecule has 0 spiro atoms. The van der Waals surface area contributed by atoms with Crippen molar-refractivity contribution in [2.24, 2.45) is 0 Å². The second kappa shape index (κ2) is 47.6. The van der Waals surface area contributed by atoms with Gasteiger partial charge in [-0.1, -0.05) is 111 Å². The molecule has 2 aromatic heterocycles. The lowest BCUT2D eigenvalue weighted by Crippen LogP contribution is -2.35. The first-order valence-corrected chi connectivity index (χ1v) is 28.9. The lowest BCUT2D eigenvalue weighted by atomic mass is 9.90. The van der Waals surface area contributed by atoms with Crippen molar-refractivity contribution in [1.82, 2.24) is 40.2 Å². The van der Waals surface area contributed by atoms with E-state index in [1.54, 1.807) is 6.92 Å². The molecule has 10 rings (SSSR count). The van der Waals surface area contributed by atoms with E-state index < -0.39 is 36.4 Å². The van der Waals surface area contributed by atoms with Gasteiger partial charge in [-0.3, -0.25) is 4.90 Å². The minimum Gasteiger partial charge on any atom is -0.475 e. The van der Waals surface area contributed by atoms with E-state index in [0.717, 1.165) is 116 Å². The second-order valence-electron chi connectivity index (χ2n) is 20.5. The van der Waals surface area contributed by atoms with E-state index >= 15 is 0 Å². The van der Waals surface area contributed by atoms with Crippen molar-refractivity contribution in [3.63, 3.8) is 0 Å². The van der Waals surface area contributed by atoms with Gasteiger partial charge in [0.1, 0.15) is 5.78 Å². The van der Waals surface area contributed by atoms with Crippen molar-refractivity contribution < 1.29 is 79.1 Å². The zero-order chi connectivity index (χ0) is 67.3. The normalized spacial score (nSPS) is 14.7. The molecule has 0 amide bonds. The number of aliphatic hydroxyl groups excluding tert-OH is 1. The fraction of sp³-hybridized carbons (Fsp3) is 0.429. The fourth-order valence-electron chi connectivity index (χ4n) is 9.48. The number of fused-ring (bicyclic) bond motifs is 6. The molecule has 21 radical (unpaired) electrons. The first-order valence-electron chi connectivity index (χ1n) is 28.1. The van der Waals surface area contributed by atoms with Crippen molar-refractivity contribution in [3.05, 3.63) is 141 Å². The van der Waals surface area contributed by atoms with Crippen LogP contribution in [0.25, 0.3) is 33.7 Å². The maximum absolute atomic E-state index is 10.6. The minimum atomic E-state index is -5.08. The lowest BCUT2D eigenvalue weighted by molar-refractivity contribution is -0.193. The Morgan fingerprint density at radius 1 is 0.596 bits per heavy atom. The number of hydrogen-bond acceptors (Lipinski definition) is 13. The van der Waals surface area contributed by atoms with E-state index in [9.17, 15) is 44.3 Å². The largest absolute Gasteiger partial charge is 0.490 e. The molecule has 4 aliphatic rings. The zero-order valence-corrected chi connectivity index (χ0v) is 55.7. The van der Waals surface area contributed by atoms with Gasteiger partial charge in [0.15, 0.2) is 0 Å². The number of aliphatic hydroxyl groups is 1. The van der Waals surface area contributed by atoms with Crippen LogP contribution in [0.3, 0.4) is 0 Å². The Morgan fingerprint density at radius 2 is 0.960 bits per heavy atom. The predicted octanol–water partition coefficient (Wildman–Crippen LogP) is 12.3. The Balaban J connectivity index is -0.000000298. The number of Topliss-reactive ketones (excluding diaryl/α,β-unsaturated/α-hetero) is 1. The van der Waals surface area contributed by atoms with Crippen LogP contribution < -0.4 is 16.0 Å². The molecule has 0 saturated heterocycles. The number of carboxylic acids is 3. The number of nitrogens with zero attached hydrogens (tertiary/aromatic N) is 7. The third-order valence-corrected chi connectivity index (χ3v) is 14.7. The molecule has 99 heavy (non-hydrogen) atoms. The minimum absolute atomic E-state index is 0. The number of carboxylic acid groups (broad SMARTS) is 3. The van der Waals surface area contributed by atoms with Gasteiger partial charge in [0.25, 0.3) is 0 Å². The zero-order valence-electron chi connectivity index (χ0n) is 54.2. The van der Waals surface area contributed by atoms with E-state index in [-0.39, 0.29) is 91.6 Å². The number of benzene rings is 4. The number of rotatable bonds is 9. The van der Waals surface area contributed by atoms with Crippen molar-refractivity contribution in [3.8, 4) is 22.5 Å². The number of aryl methyl sites for hydroxylation is 4. The topological polar surface area (TPSA) is 250 Å². The third-order valence-electron chi connectivity index (χ3n) is 14.2. The van der Waals surface area contributed by atoms with Crippen LogP contribution in [0.15, 0.2) is 97.1 Å². The SMILES string of the molecule is C.C.CCC(C)=O.CCC(C)N1CC=C(c2ccc3c(c2)C(Nc2cccc(Cl)c2)CCn2nnc(C)c2-3)CC1.CO.Cc1nnn2c1-c1ccc(C3=CCNCC3)cc1C(Nc1cccc(Cl)c1)CC2.O=C(O)C(F)(F)F.O=C(O)C(F)(F)F.O=C(O)C(F)(F)F.[B].[B].[B].[B].[B].[B].[B]. The molecule has 6 aromatic rings. The summed E-state index contributed by atoms with van der Waals surface area (Å²) < 4.78 is 99.3. The molecule has 0 saturated carbocycles. The number of nitrogens with one attached hydrogen (secondary N) is 3. The molecule has 7 N–H and O–H groups in total. The molecule has 4 aromatic carbocycles. The highest BCUT2D eigenvalue weighted by Gasteiger charge is 2.40. The summed E-state index contributed by atoms with van der Waals surface area (Å²) in [5, 5.41) is 58.2. The van der Waals surface area contributed by atoms with Gasteiger partial charge in [-0.2, -0.15) is 39.5 Å². The maximum atomic E-state index is 10.6. The Hall–Kier alpha value is -7.40. The number of carbonyl (C=O) groups is 4. The lowest BCUT2D eigenvalue weighted by Gasteiger charge is -2.31. The van der Waals surface area contributed by atoms with Crippen LogP contribution in [0.2, 0.25) is 10.0 Å². The number of alkyl halides is 9. The van der Waals surface area contributed by atoms with Gasteiger partial charge in [0.05, 0.1) is 34.9 Å². The third kappa shape index (κ3) is 31.4. The fourth-order valence-corrected chi connectivity index (χ4v) is 9.86. The Labute approximate surface area is 596 Å². The molecule has 36 heteroatoms. The quantitative estimate of drug-likeness (QED) is 0.0525. The summed E-state index contributed by atoms with van der Waals surface area (Å²) in [5.41, 5.74) is 16.8. The number of aliphatic carboxylic acids is 3. The van der Waals surface area contributed by atoms with E-state index in [0.29, 0.717) is 12.5 Å². The first kappa shape index (κ1) is 103. The average molecular weight is 1420 g/mol. The highest BCUT2D eigenvalue weighted by molar-refractivity contribution is 6.31.